The maximum absolute atomic E-state index is 12.4. The lowest BCUT2D eigenvalue weighted by molar-refractivity contribution is -0.131. The molecule has 1 aromatic heterocycles. The van der Waals surface area contributed by atoms with Crippen molar-refractivity contribution >= 4 is 39.5 Å². The lowest BCUT2D eigenvalue weighted by Gasteiger charge is -2.10. The standard InChI is InChI=1S/C24H20N2O4/c1-13-9-14(2)11-15(10-13)12-26-18-7-3-5-16(22(27)24(29)30)20(18)21-17(23(25)28)6-4-8-19(21)26/h3-11H,12H2,1-2H3,(H2,25,28)(H,29,30). The highest BCUT2D eigenvalue weighted by atomic mass is 16.4. The van der Waals surface area contributed by atoms with E-state index in [9.17, 15) is 19.5 Å². The maximum Gasteiger partial charge on any atom is 0.377 e. The molecule has 3 N–H and O–H groups in total. The second kappa shape index (κ2) is 7.15. The average molecular weight is 400 g/mol. The Bertz CT molecular complexity index is 1340. The zero-order chi connectivity index (χ0) is 21.6. The Kier molecular flexibility index (Phi) is 4.62. The fraction of sp³-hybridized carbons (Fsp3) is 0.125. The Labute approximate surface area is 172 Å². The number of Topliss-reactive ketones (excluding diaryl/α,β-unsaturated/α-hetero) is 1. The molecule has 0 saturated carbocycles. The molecule has 0 aliphatic heterocycles. The number of carboxylic acid groups (broad SMARTS) is 1. The molecule has 0 saturated heterocycles. The molecule has 6 nitrogen and oxygen atoms in total. The summed E-state index contributed by atoms with van der Waals surface area (Å²) >= 11 is 0. The van der Waals surface area contributed by atoms with E-state index in [4.69, 9.17) is 5.73 Å². The van der Waals surface area contributed by atoms with Crippen molar-refractivity contribution in [2.24, 2.45) is 5.73 Å². The molecule has 0 unspecified atom stereocenters. The number of aryl methyl sites for hydroxylation is 2. The van der Waals surface area contributed by atoms with Gasteiger partial charge in [0.05, 0.1) is 11.0 Å². The summed E-state index contributed by atoms with van der Waals surface area (Å²) in [5, 5.41) is 10.2. The van der Waals surface area contributed by atoms with Gasteiger partial charge in [-0.15, -0.1) is 0 Å². The van der Waals surface area contributed by atoms with E-state index in [1.165, 1.54) is 6.07 Å². The van der Waals surface area contributed by atoms with Crippen molar-refractivity contribution in [3.8, 4) is 0 Å². The second-order valence-electron chi connectivity index (χ2n) is 7.48. The van der Waals surface area contributed by atoms with E-state index in [0.29, 0.717) is 28.4 Å². The molecule has 30 heavy (non-hydrogen) atoms. The van der Waals surface area contributed by atoms with Crippen molar-refractivity contribution in [3.63, 3.8) is 0 Å². The van der Waals surface area contributed by atoms with Gasteiger partial charge < -0.3 is 15.4 Å². The molecule has 0 aliphatic carbocycles. The fourth-order valence-corrected chi connectivity index (χ4v) is 4.21. The van der Waals surface area contributed by atoms with E-state index in [1.54, 1.807) is 18.2 Å². The minimum Gasteiger partial charge on any atom is -0.475 e. The summed E-state index contributed by atoms with van der Waals surface area (Å²) in [7, 11) is 0. The number of carbonyl (C=O) groups excluding carboxylic acids is 2. The van der Waals surface area contributed by atoms with Gasteiger partial charge in [0.25, 0.3) is 5.78 Å². The van der Waals surface area contributed by atoms with Gasteiger partial charge in [-0.25, -0.2) is 4.79 Å². The van der Waals surface area contributed by atoms with Crippen LogP contribution < -0.4 is 5.73 Å². The van der Waals surface area contributed by atoms with E-state index >= 15 is 0 Å². The maximum atomic E-state index is 12.4. The minimum absolute atomic E-state index is 0.0397. The van der Waals surface area contributed by atoms with Gasteiger partial charge in [-0.2, -0.15) is 0 Å². The summed E-state index contributed by atoms with van der Waals surface area (Å²) in [6, 6.07) is 16.4. The highest BCUT2D eigenvalue weighted by Crippen LogP contribution is 2.35. The van der Waals surface area contributed by atoms with Crippen molar-refractivity contribution < 1.29 is 19.5 Å². The number of nitrogens with zero attached hydrogens (tertiary/aromatic N) is 1. The van der Waals surface area contributed by atoms with Crippen LogP contribution in [0, 0.1) is 13.8 Å². The molecule has 1 heterocycles. The third-order valence-electron chi connectivity index (χ3n) is 5.24. The molecule has 150 valence electrons. The molecule has 6 heteroatoms. The number of carbonyl (C=O) groups is 3. The van der Waals surface area contributed by atoms with Gasteiger partial charge in [-0.3, -0.25) is 9.59 Å². The van der Waals surface area contributed by atoms with E-state index in [1.807, 2.05) is 30.5 Å². The third kappa shape index (κ3) is 3.12. The summed E-state index contributed by atoms with van der Waals surface area (Å²) in [5.41, 5.74) is 10.6. The second-order valence-corrected chi connectivity index (χ2v) is 7.48. The van der Waals surface area contributed by atoms with Crippen LogP contribution in [0.5, 0.6) is 0 Å². The predicted molar refractivity (Wildman–Crippen MR) is 115 cm³/mol. The van der Waals surface area contributed by atoms with Crippen LogP contribution in [0.2, 0.25) is 0 Å². The number of amides is 1. The van der Waals surface area contributed by atoms with Crippen LogP contribution in [0.1, 0.15) is 37.4 Å². The SMILES string of the molecule is Cc1cc(C)cc(Cn2c3cccc(C(N)=O)c3c3c(C(=O)C(=O)O)cccc32)c1. The van der Waals surface area contributed by atoms with Crippen LogP contribution in [0.15, 0.2) is 54.6 Å². The topological polar surface area (TPSA) is 102 Å². The Morgan fingerprint density at radius 3 is 1.93 bits per heavy atom. The first-order valence-corrected chi connectivity index (χ1v) is 9.46. The number of aromatic nitrogens is 1. The molecule has 3 aromatic carbocycles. The summed E-state index contributed by atoms with van der Waals surface area (Å²) in [5.74, 6) is -3.21. The van der Waals surface area contributed by atoms with E-state index < -0.39 is 17.7 Å². The Balaban J connectivity index is 2.11. The van der Waals surface area contributed by atoms with Gasteiger partial charge in [0, 0.05) is 28.4 Å². The molecule has 0 aliphatic rings. The molecule has 1 amide bonds. The van der Waals surface area contributed by atoms with Gasteiger partial charge in [0.1, 0.15) is 0 Å². The largest absolute Gasteiger partial charge is 0.475 e. The Hall–Kier alpha value is -3.93. The normalized spacial score (nSPS) is 11.1. The summed E-state index contributed by atoms with van der Waals surface area (Å²) < 4.78 is 1.99. The lowest BCUT2D eigenvalue weighted by atomic mass is 9.99. The first-order valence-electron chi connectivity index (χ1n) is 9.46. The molecular formula is C24H20N2O4. The van der Waals surface area contributed by atoms with Gasteiger partial charge in [-0.1, -0.05) is 41.5 Å². The van der Waals surface area contributed by atoms with Crippen molar-refractivity contribution in [3.05, 3.63) is 82.4 Å². The molecule has 0 spiro atoms. The molecule has 0 atom stereocenters. The highest BCUT2D eigenvalue weighted by Gasteiger charge is 2.24. The van der Waals surface area contributed by atoms with Crippen molar-refractivity contribution in [1.29, 1.82) is 0 Å². The van der Waals surface area contributed by atoms with E-state index in [0.717, 1.165) is 16.7 Å². The zero-order valence-electron chi connectivity index (χ0n) is 16.6. The quantitative estimate of drug-likeness (QED) is 0.393. The monoisotopic (exact) mass is 400 g/mol. The lowest BCUT2D eigenvalue weighted by Crippen LogP contribution is -2.14. The minimum atomic E-state index is -1.55. The third-order valence-corrected chi connectivity index (χ3v) is 5.24. The number of rotatable bonds is 5. The van der Waals surface area contributed by atoms with Crippen LogP contribution in [0.4, 0.5) is 0 Å². The number of hydrogen-bond acceptors (Lipinski definition) is 3. The predicted octanol–water partition coefficient (Wildman–Crippen LogP) is 3.83. The number of nitrogens with two attached hydrogens (primary N) is 1. The van der Waals surface area contributed by atoms with Crippen molar-refractivity contribution in [2.45, 2.75) is 20.4 Å². The number of fused-ring (bicyclic) bond motifs is 3. The molecule has 0 bridgehead atoms. The average Bonchev–Trinajstić information content (AvgIpc) is 3.00. The molecule has 4 rings (SSSR count). The fourth-order valence-electron chi connectivity index (χ4n) is 4.21. The first-order chi connectivity index (χ1) is 14.3. The molecule has 0 fully saturated rings. The Morgan fingerprint density at radius 1 is 0.867 bits per heavy atom. The summed E-state index contributed by atoms with van der Waals surface area (Å²) in [4.78, 5) is 36.0. The van der Waals surface area contributed by atoms with Gasteiger partial charge in [-0.05, 0) is 43.7 Å². The van der Waals surface area contributed by atoms with Crippen molar-refractivity contribution in [2.75, 3.05) is 0 Å². The van der Waals surface area contributed by atoms with Crippen LogP contribution in [-0.2, 0) is 11.3 Å². The zero-order valence-corrected chi connectivity index (χ0v) is 16.6. The van der Waals surface area contributed by atoms with E-state index in [-0.39, 0.29) is 11.1 Å². The van der Waals surface area contributed by atoms with Crippen LogP contribution >= 0.6 is 0 Å². The molecule has 0 radical (unpaired) electrons. The van der Waals surface area contributed by atoms with E-state index in [2.05, 4.69) is 18.2 Å². The molecular weight excluding hydrogens is 380 g/mol. The van der Waals surface area contributed by atoms with Crippen molar-refractivity contribution in [1.82, 2.24) is 4.57 Å². The number of hydrogen-bond donors (Lipinski definition) is 2. The number of carboxylic acids is 1. The smallest absolute Gasteiger partial charge is 0.377 e. The number of aliphatic carboxylic acids is 1. The van der Waals surface area contributed by atoms with Gasteiger partial charge in [0.15, 0.2) is 0 Å². The summed E-state index contributed by atoms with van der Waals surface area (Å²) in [6.45, 7) is 4.55. The Morgan fingerprint density at radius 2 is 1.40 bits per heavy atom. The number of primary amides is 1. The number of benzene rings is 3. The molecule has 4 aromatic rings. The van der Waals surface area contributed by atoms with Crippen LogP contribution in [-0.4, -0.2) is 27.3 Å². The van der Waals surface area contributed by atoms with Crippen LogP contribution in [0.3, 0.4) is 0 Å². The van der Waals surface area contributed by atoms with Gasteiger partial charge in [0.2, 0.25) is 5.91 Å². The summed E-state index contributed by atoms with van der Waals surface area (Å²) in [6.07, 6.45) is 0. The van der Waals surface area contributed by atoms with Gasteiger partial charge >= 0.3 is 5.97 Å². The first kappa shape index (κ1) is 19.4. The highest BCUT2D eigenvalue weighted by molar-refractivity contribution is 6.43. The number of ketones is 1. The van der Waals surface area contributed by atoms with Crippen LogP contribution in [0.25, 0.3) is 21.8 Å².